The molecule has 1 saturated heterocycles. The normalized spacial score (nSPS) is 18.8. The third-order valence-electron chi connectivity index (χ3n) is 3.64. The molecule has 1 atom stereocenters. The van der Waals surface area contributed by atoms with Gasteiger partial charge < -0.3 is 4.90 Å². The van der Waals surface area contributed by atoms with Crippen LogP contribution in [0.5, 0.6) is 0 Å². The molecule has 0 bridgehead atoms. The monoisotopic (exact) mass is 254 g/mol. The van der Waals surface area contributed by atoms with E-state index in [1.807, 2.05) is 20.0 Å². The van der Waals surface area contributed by atoms with Crippen LogP contribution in [-0.2, 0) is 0 Å². The van der Waals surface area contributed by atoms with E-state index in [1.165, 1.54) is 18.4 Å². The first kappa shape index (κ1) is 12.1. The van der Waals surface area contributed by atoms with Crippen LogP contribution in [0.25, 0.3) is 0 Å². The van der Waals surface area contributed by atoms with Crippen LogP contribution in [-0.4, -0.2) is 21.5 Å². The van der Waals surface area contributed by atoms with Gasteiger partial charge in [0.05, 0.1) is 6.04 Å². The zero-order valence-corrected chi connectivity index (χ0v) is 11.4. The standard InChI is InChI=1S/C15H18N4/c1-11-8-13(5-6-16-11)14-4-3-7-19(14)15-9-12(2)17-10-18-15/h5-6,8-10,14H,3-4,7H2,1-2H3. The maximum atomic E-state index is 4.42. The molecule has 0 aliphatic carbocycles. The Morgan fingerprint density at radius 1 is 1.11 bits per heavy atom. The van der Waals surface area contributed by atoms with Crippen molar-refractivity contribution in [2.24, 2.45) is 0 Å². The molecule has 0 saturated carbocycles. The number of nitrogens with zero attached hydrogens (tertiary/aromatic N) is 4. The van der Waals surface area contributed by atoms with E-state index in [-0.39, 0.29) is 0 Å². The van der Waals surface area contributed by atoms with Crippen LogP contribution in [0, 0.1) is 13.8 Å². The average Bonchev–Trinajstić information content (AvgIpc) is 2.88. The highest BCUT2D eigenvalue weighted by Gasteiger charge is 2.27. The summed E-state index contributed by atoms with van der Waals surface area (Å²) in [4.78, 5) is 15.3. The van der Waals surface area contributed by atoms with Gasteiger partial charge in [-0.05, 0) is 44.4 Å². The molecule has 1 fully saturated rings. The molecule has 1 aliphatic heterocycles. The lowest BCUT2D eigenvalue weighted by Crippen LogP contribution is -2.23. The highest BCUT2D eigenvalue weighted by molar-refractivity contribution is 5.44. The molecular weight excluding hydrogens is 236 g/mol. The Bertz CT molecular complexity index is 530. The van der Waals surface area contributed by atoms with Gasteiger partial charge in [0.2, 0.25) is 0 Å². The second-order valence-electron chi connectivity index (χ2n) is 5.10. The van der Waals surface area contributed by atoms with Gasteiger partial charge in [-0.1, -0.05) is 0 Å². The summed E-state index contributed by atoms with van der Waals surface area (Å²) in [6.45, 7) is 5.10. The first-order chi connectivity index (χ1) is 9.24. The molecule has 3 heterocycles. The highest BCUT2D eigenvalue weighted by atomic mass is 15.2. The summed E-state index contributed by atoms with van der Waals surface area (Å²) in [5.74, 6) is 1.03. The van der Waals surface area contributed by atoms with Crippen LogP contribution < -0.4 is 4.90 Å². The molecule has 0 N–H and O–H groups in total. The lowest BCUT2D eigenvalue weighted by atomic mass is 10.1. The highest BCUT2D eigenvalue weighted by Crippen LogP contribution is 2.35. The van der Waals surface area contributed by atoms with E-state index in [1.54, 1.807) is 6.33 Å². The van der Waals surface area contributed by atoms with Crippen molar-refractivity contribution in [3.63, 3.8) is 0 Å². The Labute approximate surface area is 113 Å². The molecule has 19 heavy (non-hydrogen) atoms. The van der Waals surface area contributed by atoms with Gasteiger partial charge in [0.25, 0.3) is 0 Å². The van der Waals surface area contributed by atoms with Crippen molar-refractivity contribution < 1.29 is 0 Å². The van der Waals surface area contributed by atoms with E-state index in [9.17, 15) is 0 Å². The number of aromatic nitrogens is 3. The Balaban J connectivity index is 1.93. The van der Waals surface area contributed by atoms with Gasteiger partial charge in [0.15, 0.2) is 0 Å². The number of rotatable bonds is 2. The predicted octanol–water partition coefficient (Wildman–Crippen LogP) is 2.83. The Kier molecular flexibility index (Phi) is 3.15. The van der Waals surface area contributed by atoms with Crippen molar-refractivity contribution in [1.29, 1.82) is 0 Å². The van der Waals surface area contributed by atoms with Gasteiger partial charge in [-0.3, -0.25) is 4.98 Å². The minimum Gasteiger partial charge on any atom is -0.349 e. The van der Waals surface area contributed by atoms with Crippen molar-refractivity contribution in [1.82, 2.24) is 15.0 Å². The molecule has 4 nitrogen and oxygen atoms in total. The van der Waals surface area contributed by atoms with E-state index < -0.39 is 0 Å². The third kappa shape index (κ3) is 2.43. The van der Waals surface area contributed by atoms with Crippen molar-refractivity contribution in [2.45, 2.75) is 32.7 Å². The van der Waals surface area contributed by atoms with Crippen LogP contribution in [0.15, 0.2) is 30.7 Å². The molecule has 0 amide bonds. The first-order valence-electron chi connectivity index (χ1n) is 6.72. The Morgan fingerprint density at radius 2 is 1.95 bits per heavy atom. The fraction of sp³-hybridized carbons (Fsp3) is 0.400. The van der Waals surface area contributed by atoms with Crippen molar-refractivity contribution in [3.8, 4) is 0 Å². The fourth-order valence-corrected chi connectivity index (χ4v) is 2.76. The topological polar surface area (TPSA) is 41.9 Å². The van der Waals surface area contributed by atoms with Crippen LogP contribution >= 0.6 is 0 Å². The summed E-state index contributed by atoms with van der Waals surface area (Å²) < 4.78 is 0. The molecule has 1 aliphatic rings. The zero-order valence-electron chi connectivity index (χ0n) is 11.4. The Hall–Kier alpha value is -1.97. The molecule has 0 spiro atoms. The number of hydrogen-bond acceptors (Lipinski definition) is 4. The van der Waals surface area contributed by atoms with E-state index in [2.05, 4.69) is 38.1 Å². The number of aryl methyl sites for hydroxylation is 2. The lowest BCUT2D eigenvalue weighted by molar-refractivity contribution is 0.707. The first-order valence-corrected chi connectivity index (χ1v) is 6.72. The van der Waals surface area contributed by atoms with Gasteiger partial charge >= 0.3 is 0 Å². The maximum absolute atomic E-state index is 4.42. The molecular formula is C15H18N4. The van der Waals surface area contributed by atoms with Crippen LogP contribution in [0.2, 0.25) is 0 Å². The van der Waals surface area contributed by atoms with Crippen molar-refractivity contribution >= 4 is 5.82 Å². The molecule has 2 aromatic heterocycles. The molecule has 3 rings (SSSR count). The molecule has 4 heteroatoms. The predicted molar refractivity (Wildman–Crippen MR) is 75.1 cm³/mol. The minimum atomic E-state index is 0.413. The summed E-state index contributed by atoms with van der Waals surface area (Å²) in [6.07, 6.45) is 5.92. The van der Waals surface area contributed by atoms with Crippen LogP contribution in [0.1, 0.15) is 35.8 Å². The molecule has 98 valence electrons. The van der Waals surface area contributed by atoms with E-state index >= 15 is 0 Å². The average molecular weight is 254 g/mol. The SMILES string of the molecule is Cc1cc(C2CCCN2c2cc(C)ncn2)ccn1. The van der Waals surface area contributed by atoms with Crippen LogP contribution in [0.4, 0.5) is 5.82 Å². The van der Waals surface area contributed by atoms with Gasteiger partial charge in [-0.15, -0.1) is 0 Å². The van der Waals surface area contributed by atoms with Gasteiger partial charge in [-0.2, -0.15) is 0 Å². The number of pyridine rings is 1. The van der Waals surface area contributed by atoms with Gasteiger partial charge in [0, 0.05) is 30.2 Å². The number of hydrogen-bond donors (Lipinski definition) is 0. The minimum absolute atomic E-state index is 0.413. The smallest absolute Gasteiger partial charge is 0.132 e. The molecule has 1 unspecified atom stereocenters. The van der Waals surface area contributed by atoms with Gasteiger partial charge in [0.1, 0.15) is 12.1 Å². The molecule has 0 radical (unpaired) electrons. The summed E-state index contributed by atoms with van der Waals surface area (Å²) >= 11 is 0. The quantitative estimate of drug-likeness (QED) is 0.826. The fourth-order valence-electron chi connectivity index (χ4n) is 2.76. The summed E-state index contributed by atoms with van der Waals surface area (Å²) in [7, 11) is 0. The zero-order chi connectivity index (χ0) is 13.2. The third-order valence-corrected chi connectivity index (χ3v) is 3.64. The number of anilines is 1. The lowest BCUT2D eigenvalue weighted by Gasteiger charge is -2.26. The van der Waals surface area contributed by atoms with E-state index in [0.29, 0.717) is 6.04 Å². The van der Waals surface area contributed by atoms with Gasteiger partial charge in [-0.25, -0.2) is 9.97 Å². The maximum Gasteiger partial charge on any atom is 0.132 e. The Morgan fingerprint density at radius 3 is 2.74 bits per heavy atom. The van der Waals surface area contributed by atoms with E-state index in [4.69, 9.17) is 0 Å². The largest absolute Gasteiger partial charge is 0.349 e. The summed E-state index contributed by atoms with van der Waals surface area (Å²) in [6, 6.07) is 6.77. The summed E-state index contributed by atoms with van der Waals surface area (Å²) in [5.41, 5.74) is 3.42. The molecule has 2 aromatic rings. The summed E-state index contributed by atoms with van der Waals surface area (Å²) in [5, 5.41) is 0. The second-order valence-corrected chi connectivity index (χ2v) is 5.10. The van der Waals surface area contributed by atoms with Crippen molar-refractivity contribution in [2.75, 3.05) is 11.4 Å². The second kappa shape index (κ2) is 4.96. The van der Waals surface area contributed by atoms with E-state index in [0.717, 1.165) is 23.8 Å². The molecule has 0 aromatic carbocycles. The van der Waals surface area contributed by atoms with Crippen LogP contribution in [0.3, 0.4) is 0 Å². The van der Waals surface area contributed by atoms with Crippen molar-refractivity contribution in [3.05, 3.63) is 47.7 Å².